The second kappa shape index (κ2) is 2.88. The van der Waals surface area contributed by atoms with Gasteiger partial charge in [-0.05, 0) is 12.1 Å². The first-order valence-corrected chi connectivity index (χ1v) is 4.98. The van der Waals surface area contributed by atoms with E-state index in [1.54, 1.807) is 6.07 Å². The predicted octanol–water partition coefficient (Wildman–Crippen LogP) is 2.36. The smallest absolute Gasteiger partial charge is 0.352 e. The van der Waals surface area contributed by atoms with Gasteiger partial charge in [0.15, 0.2) is 0 Å². The molecule has 4 nitrogen and oxygen atoms in total. The van der Waals surface area contributed by atoms with Crippen molar-refractivity contribution in [3.63, 3.8) is 0 Å². The van der Waals surface area contributed by atoms with Gasteiger partial charge >= 0.3 is 5.97 Å². The third-order valence-corrected chi connectivity index (χ3v) is 2.92. The van der Waals surface area contributed by atoms with Crippen LogP contribution >= 0.6 is 0 Å². The molecule has 0 unspecified atom stereocenters. The Morgan fingerprint density at radius 1 is 1.31 bits per heavy atom. The molecule has 1 aromatic carbocycles. The SMILES string of the molecule is Cn1c2ccccc2c2[nH]c(C(=O)O)cc21. The third kappa shape index (κ3) is 1.01. The van der Waals surface area contributed by atoms with Crippen LogP contribution in [-0.2, 0) is 7.05 Å². The summed E-state index contributed by atoms with van der Waals surface area (Å²) in [6.07, 6.45) is 0. The summed E-state index contributed by atoms with van der Waals surface area (Å²) in [5, 5.41) is 9.98. The zero-order valence-electron chi connectivity index (χ0n) is 8.69. The topological polar surface area (TPSA) is 58.0 Å². The van der Waals surface area contributed by atoms with Crippen molar-refractivity contribution >= 4 is 27.9 Å². The number of hydrogen-bond donors (Lipinski definition) is 2. The molecule has 0 fully saturated rings. The van der Waals surface area contributed by atoms with Gasteiger partial charge in [-0.25, -0.2) is 4.79 Å². The summed E-state index contributed by atoms with van der Waals surface area (Å²) in [7, 11) is 1.93. The molecule has 0 aliphatic rings. The number of hydrogen-bond acceptors (Lipinski definition) is 1. The maximum Gasteiger partial charge on any atom is 0.352 e. The van der Waals surface area contributed by atoms with Crippen molar-refractivity contribution in [2.75, 3.05) is 0 Å². The molecule has 0 saturated carbocycles. The van der Waals surface area contributed by atoms with Crippen LogP contribution in [-0.4, -0.2) is 20.6 Å². The van der Waals surface area contributed by atoms with Crippen LogP contribution in [0.25, 0.3) is 21.9 Å². The second-order valence-electron chi connectivity index (χ2n) is 3.82. The second-order valence-corrected chi connectivity index (χ2v) is 3.82. The van der Waals surface area contributed by atoms with E-state index in [0.29, 0.717) is 0 Å². The number of aryl methyl sites for hydroxylation is 1. The summed E-state index contributed by atoms with van der Waals surface area (Å²) < 4.78 is 1.99. The minimum atomic E-state index is -0.930. The van der Waals surface area contributed by atoms with Crippen LogP contribution in [0.4, 0.5) is 0 Å². The van der Waals surface area contributed by atoms with E-state index in [2.05, 4.69) is 4.98 Å². The van der Waals surface area contributed by atoms with Gasteiger partial charge < -0.3 is 14.7 Å². The molecule has 16 heavy (non-hydrogen) atoms. The molecular weight excluding hydrogens is 204 g/mol. The van der Waals surface area contributed by atoms with E-state index in [1.165, 1.54) is 0 Å². The monoisotopic (exact) mass is 214 g/mol. The van der Waals surface area contributed by atoms with Crippen LogP contribution < -0.4 is 0 Å². The number of H-pyrrole nitrogens is 1. The number of rotatable bonds is 1. The van der Waals surface area contributed by atoms with Gasteiger partial charge in [0.2, 0.25) is 0 Å². The summed E-state index contributed by atoms with van der Waals surface area (Å²) in [5.41, 5.74) is 3.13. The summed E-state index contributed by atoms with van der Waals surface area (Å²) in [5.74, 6) is -0.930. The summed E-state index contributed by atoms with van der Waals surface area (Å²) in [6.45, 7) is 0. The molecule has 0 atom stereocenters. The highest BCUT2D eigenvalue weighted by Crippen LogP contribution is 2.27. The Hall–Kier alpha value is -2.23. The Bertz CT molecular complexity index is 706. The molecule has 3 aromatic rings. The van der Waals surface area contributed by atoms with Crippen LogP contribution in [0, 0.1) is 0 Å². The predicted molar refractivity (Wildman–Crippen MR) is 61.7 cm³/mol. The number of aromatic carboxylic acids is 1. The molecule has 2 aromatic heterocycles. The van der Waals surface area contributed by atoms with Gasteiger partial charge in [0.1, 0.15) is 5.69 Å². The number of carbonyl (C=O) groups is 1. The number of fused-ring (bicyclic) bond motifs is 3. The van der Waals surface area contributed by atoms with E-state index in [0.717, 1.165) is 21.9 Å². The number of benzene rings is 1. The van der Waals surface area contributed by atoms with Crippen LogP contribution in [0.1, 0.15) is 10.5 Å². The summed E-state index contributed by atoms with van der Waals surface area (Å²) in [4.78, 5) is 13.8. The molecule has 2 N–H and O–H groups in total. The van der Waals surface area contributed by atoms with E-state index in [9.17, 15) is 4.79 Å². The first-order valence-electron chi connectivity index (χ1n) is 4.98. The van der Waals surface area contributed by atoms with E-state index in [1.807, 2.05) is 35.9 Å². The van der Waals surface area contributed by atoms with Crippen LogP contribution in [0.5, 0.6) is 0 Å². The molecular formula is C12H10N2O2. The normalized spacial score (nSPS) is 11.3. The first-order chi connectivity index (χ1) is 7.68. The van der Waals surface area contributed by atoms with Gasteiger partial charge in [-0.3, -0.25) is 0 Å². The Labute approximate surface area is 91.1 Å². The van der Waals surface area contributed by atoms with E-state index >= 15 is 0 Å². The number of aromatic amines is 1. The zero-order chi connectivity index (χ0) is 11.3. The van der Waals surface area contributed by atoms with Crippen molar-refractivity contribution in [2.45, 2.75) is 0 Å². The average Bonchev–Trinajstić information content (AvgIpc) is 2.81. The van der Waals surface area contributed by atoms with E-state index < -0.39 is 5.97 Å². The Morgan fingerprint density at radius 2 is 2.06 bits per heavy atom. The Kier molecular flexibility index (Phi) is 1.63. The molecule has 0 aliphatic carbocycles. The highest BCUT2D eigenvalue weighted by Gasteiger charge is 2.13. The number of aromatic nitrogens is 2. The summed E-state index contributed by atoms with van der Waals surface area (Å²) in [6, 6.07) is 9.59. The fourth-order valence-corrected chi connectivity index (χ4v) is 2.14. The fraction of sp³-hybridized carbons (Fsp3) is 0.0833. The number of nitrogens with one attached hydrogen (secondary N) is 1. The molecule has 0 amide bonds. The van der Waals surface area contributed by atoms with Gasteiger partial charge in [0.25, 0.3) is 0 Å². The van der Waals surface area contributed by atoms with Gasteiger partial charge in [0.05, 0.1) is 16.6 Å². The van der Waals surface area contributed by atoms with Crippen molar-refractivity contribution in [1.29, 1.82) is 0 Å². The minimum Gasteiger partial charge on any atom is -0.477 e. The van der Waals surface area contributed by atoms with Crippen molar-refractivity contribution in [3.05, 3.63) is 36.0 Å². The Morgan fingerprint density at radius 3 is 2.81 bits per heavy atom. The zero-order valence-corrected chi connectivity index (χ0v) is 8.69. The number of nitrogens with zero attached hydrogens (tertiary/aromatic N) is 1. The standard InChI is InChI=1S/C12H10N2O2/c1-14-9-5-3-2-4-7(9)11-10(14)6-8(13-11)12(15)16/h2-6,13H,1H3,(H,15,16). The molecule has 0 radical (unpaired) electrons. The lowest BCUT2D eigenvalue weighted by atomic mass is 10.2. The maximum absolute atomic E-state index is 10.9. The number of para-hydroxylation sites is 1. The lowest BCUT2D eigenvalue weighted by Crippen LogP contribution is -1.95. The van der Waals surface area contributed by atoms with Gasteiger partial charge in [-0.15, -0.1) is 0 Å². The van der Waals surface area contributed by atoms with Crippen LogP contribution in [0.15, 0.2) is 30.3 Å². The molecule has 2 heterocycles. The first kappa shape index (κ1) is 9.03. The van der Waals surface area contributed by atoms with Gasteiger partial charge in [-0.2, -0.15) is 0 Å². The van der Waals surface area contributed by atoms with Gasteiger partial charge in [-0.1, -0.05) is 18.2 Å². The maximum atomic E-state index is 10.9. The molecule has 80 valence electrons. The van der Waals surface area contributed by atoms with Crippen LogP contribution in [0.2, 0.25) is 0 Å². The Balaban J connectivity index is 2.49. The number of carboxylic acids is 1. The third-order valence-electron chi connectivity index (χ3n) is 2.92. The minimum absolute atomic E-state index is 0.228. The fourth-order valence-electron chi connectivity index (χ4n) is 2.14. The quantitative estimate of drug-likeness (QED) is 0.653. The molecule has 0 aliphatic heterocycles. The van der Waals surface area contributed by atoms with Gasteiger partial charge in [0, 0.05) is 12.4 Å². The molecule has 3 rings (SSSR count). The lowest BCUT2D eigenvalue weighted by molar-refractivity contribution is 0.0691. The van der Waals surface area contributed by atoms with Crippen molar-refractivity contribution in [2.24, 2.45) is 7.05 Å². The highest BCUT2D eigenvalue weighted by atomic mass is 16.4. The van der Waals surface area contributed by atoms with Crippen molar-refractivity contribution in [3.8, 4) is 0 Å². The van der Waals surface area contributed by atoms with E-state index in [4.69, 9.17) is 5.11 Å². The molecule has 0 spiro atoms. The number of carboxylic acid groups (broad SMARTS) is 1. The highest BCUT2D eigenvalue weighted by molar-refractivity contribution is 6.08. The van der Waals surface area contributed by atoms with Crippen molar-refractivity contribution in [1.82, 2.24) is 9.55 Å². The van der Waals surface area contributed by atoms with Crippen LogP contribution in [0.3, 0.4) is 0 Å². The van der Waals surface area contributed by atoms with E-state index in [-0.39, 0.29) is 5.69 Å². The average molecular weight is 214 g/mol. The lowest BCUT2D eigenvalue weighted by Gasteiger charge is -1.95. The largest absolute Gasteiger partial charge is 0.477 e. The molecule has 0 saturated heterocycles. The molecule has 4 heteroatoms. The summed E-state index contributed by atoms with van der Waals surface area (Å²) >= 11 is 0. The van der Waals surface area contributed by atoms with Crippen molar-refractivity contribution < 1.29 is 9.90 Å². The molecule has 0 bridgehead atoms.